The predicted octanol–water partition coefficient (Wildman–Crippen LogP) is 8.85. The fourth-order valence-electron chi connectivity index (χ4n) is 7.21. The fraction of sp³-hybridized carbons (Fsp3) is 0.622. The number of nitrogens with zero attached hydrogens (tertiary/aromatic N) is 2. The Morgan fingerprint density at radius 1 is 0.569 bits per heavy atom. The maximum absolute atomic E-state index is 13.6. The van der Waals surface area contributed by atoms with Crippen molar-refractivity contribution in [1.82, 2.24) is 9.80 Å². The van der Waals surface area contributed by atoms with Crippen LogP contribution in [-0.2, 0) is 41.4 Å². The average molecular weight is 807 g/mol. The van der Waals surface area contributed by atoms with Crippen LogP contribution in [-0.4, -0.2) is 88.5 Å². The number of carbonyl (C=O) groups is 5. The van der Waals surface area contributed by atoms with Gasteiger partial charge in [-0.2, -0.15) is 0 Å². The third kappa shape index (κ3) is 14.8. The van der Waals surface area contributed by atoms with Gasteiger partial charge in [-0.1, -0.05) is 24.3 Å². The van der Waals surface area contributed by atoms with Crippen LogP contribution in [0.4, 0.5) is 25.8 Å². The molecule has 0 bridgehead atoms. The highest BCUT2D eigenvalue weighted by molar-refractivity contribution is 5.99. The highest BCUT2D eigenvalue weighted by Crippen LogP contribution is 2.33. The van der Waals surface area contributed by atoms with Crippen molar-refractivity contribution in [3.05, 3.63) is 59.7 Å². The molecule has 0 saturated carbocycles. The minimum Gasteiger partial charge on any atom is -0.460 e. The number of hydrogen-bond acceptors (Lipinski definition) is 9. The van der Waals surface area contributed by atoms with E-state index in [1.165, 1.54) is 0 Å². The van der Waals surface area contributed by atoms with Crippen molar-refractivity contribution in [3.8, 4) is 0 Å². The van der Waals surface area contributed by atoms with Gasteiger partial charge in [-0.3, -0.25) is 9.59 Å². The molecule has 2 heterocycles. The van der Waals surface area contributed by atoms with Crippen molar-refractivity contribution in [2.75, 3.05) is 36.8 Å². The summed E-state index contributed by atoms with van der Waals surface area (Å²) in [6.45, 7) is 23.7. The van der Waals surface area contributed by atoms with E-state index in [2.05, 4.69) is 10.6 Å². The summed E-state index contributed by atoms with van der Waals surface area (Å²) < 4.78 is 22.9. The number of anilines is 2. The first kappa shape index (κ1) is 45.9. The molecule has 320 valence electrons. The smallest absolute Gasteiger partial charge is 0.410 e. The van der Waals surface area contributed by atoms with E-state index < -0.39 is 52.5 Å². The van der Waals surface area contributed by atoms with E-state index in [9.17, 15) is 24.0 Å². The molecule has 2 aliphatic heterocycles. The lowest BCUT2D eigenvalue weighted by atomic mass is 9.86. The minimum absolute atomic E-state index is 0.137. The zero-order valence-electron chi connectivity index (χ0n) is 36.7. The highest BCUT2D eigenvalue weighted by atomic mass is 16.6. The molecule has 4 atom stereocenters. The molecule has 2 aliphatic rings. The van der Waals surface area contributed by atoms with Gasteiger partial charge >= 0.3 is 30.2 Å². The van der Waals surface area contributed by atoms with Gasteiger partial charge in [-0.05, 0) is 156 Å². The van der Waals surface area contributed by atoms with Crippen molar-refractivity contribution in [2.45, 2.75) is 131 Å². The van der Waals surface area contributed by atoms with Gasteiger partial charge in [-0.25, -0.2) is 14.4 Å². The number of nitrogens with one attached hydrogen (secondary N) is 2. The first-order chi connectivity index (χ1) is 26.7. The zero-order chi connectivity index (χ0) is 43.2. The second kappa shape index (κ2) is 18.4. The third-order valence-electron chi connectivity index (χ3n) is 9.59. The number of benzene rings is 2. The summed E-state index contributed by atoms with van der Waals surface area (Å²) in [5, 5.41) is 5.81. The summed E-state index contributed by atoms with van der Waals surface area (Å²) >= 11 is 0. The lowest BCUT2D eigenvalue weighted by Crippen LogP contribution is -2.38. The number of esters is 2. The number of carbonyl (C=O) groups excluding carboxylic acids is 5. The SMILES string of the molecule is CC(C)(C)OC(=O)[C@@H](Cc1cccc(NC(=O)Nc2cccc(C[C@H](C(=O)OC(C)(C)C)[C@H]3CCN(C(=O)OC(C)(C)C)C3)c2)c1)[C@H]1CCN(C(=O)OC(C)(C)C)C1. The predicted molar refractivity (Wildman–Crippen MR) is 223 cm³/mol. The van der Waals surface area contributed by atoms with Crippen LogP contribution in [0.3, 0.4) is 0 Å². The molecule has 2 fully saturated rings. The molecule has 0 aromatic heterocycles. The van der Waals surface area contributed by atoms with E-state index in [0.29, 0.717) is 63.2 Å². The summed E-state index contributed by atoms with van der Waals surface area (Å²) in [4.78, 5) is 69.5. The number of ether oxygens (including phenoxy) is 4. The van der Waals surface area contributed by atoms with Crippen LogP contribution in [0.2, 0.25) is 0 Å². The van der Waals surface area contributed by atoms with Crippen LogP contribution in [0.1, 0.15) is 107 Å². The van der Waals surface area contributed by atoms with Crippen molar-refractivity contribution in [2.24, 2.45) is 23.7 Å². The second-order valence-corrected chi connectivity index (χ2v) is 19.6. The third-order valence-corrected chi connectivity index (χ3v) is 9.59. The van der Waals surface area contributed by atoms with Crippen molar-refractivity contribution < 1.29 is 42.9 Å². The number of likely N-dealkylation sites (tertiary alicyclic amines) is 2. The summed E-state index contributed by atoms with van der Waals surface area (Å²) in [5.41, 5.74) is 0.108. The van der Waals surface area contributed by atoms with Crippen LogP contribution in [0.25, 0.3) is 0 Å². The minimum atomic E-state index is -0.687. The lowest BCUT2D eigenvalue weighted by Gasteiger charge is -2.28. The highest BCUT2D eigenvalue weighted by Gasteiger charge is 2.40. The van der Waals surface area contributed by atoms with E-state index in [0.717, 1.165) is 11.1 Å². The Labute approximate surface area is 344 Å². The van der Waals surface area contributed by atoms with E-state index in [1.54, 1.807) is 21.9 Å². The summed E-state index contributed by atoms with van der Waals surface area (Å²) in [6, 6.07) is 14.2. The molecule has 0 spiro atoms. The molecule has 2 aromatic rings. The molecular formula is C45H66N4O9. The standard InChI is InChI=1S/C45H66N4O9/c1-42(2,3)55-37(50)35(31-19-21-48(27-31)40(53)57-44(7,8)9)25-29-15-13-17-33(23-29)46-39(52)47-34-18-14-16-30(24-34)26-36(38(51)56-43(4,5)6)32-20-22-49(28-32)41(54)58-45(10,11)12/h13-18,23-24,31-32,35-36H,19-22,25-28H2,1-12H3,(H2,46,47,52)/t31-,32-,35-,36-/m0/s1. The summed E-state index contributed by atoms with van der Waals surface area (Å²) in [7, 11) is 0. The second-order valence-electron chi connectivity index (χ2n) is 19.6. The van der Waals surface area contributed by atoms with Gasteiger partial charge in [0.15, 0.2) is 0 Å². The number of amides is 4. The molecule has 58 heavy (non-hydrogen) atoms. The van der Waals surface area contributed by atoms with Gasteiger partial charge in [0.25, 0.3) is 0 Å². The van der Waals surface area contributed by atoms with Gasteiger partial charge in [0, 0.05) is 37.6 Å². The molecular weight excluding hydrogens is 741 g/mol. The van der Waals surface area contributed by atoms with E-state index in [-0.39, 0.29) is 23.8 Å². The maximum atomic E-state index is 13.6. The molecule has 13 heteroatoms. The quantitative estimate of drug-likeness (QED) is 0.177. The van der Waals surface area contributed by atoms with Gasteiger partial charge < -0.3 is 39.4 Å². The average Bonchev–Trinajstić information content (AvgIpc) is 3.74. The number of rotatable bonds is 10. The van der Waals surface area contributed by atoms with Gasteiger partial charge in [0.05, 0.1) is 11.8 Å². The van der Waals surface area contributed by atoms with Crippen molar-refractivity contribution >= 4 is 41.5 Å². The number of hydrogen-bond donors (Lipinski definition) is 2. The Balaban J connectivity index is 1.44. The van der Waals surface area contributed by atoms with E-state index in [4.69, 9.17) is 18.9 Å². The van der Waals surface area contributed by atoms with E-state index in [1.807, 2.05) is 119 Å². The fourth-order valence-corrected chi connectivity index (χ4v) is 7.21. The van der Waals surface area contributed by atoms with Crippen LogP contribution < -0.4 is 10.6 Å². The molecule has 13 nitrogen and oxygen atoms in total. The molecule has 2 N–H and O–H groups in total. The van der Waals surface area contributed by atoms with Gasteiger partial charge in [0.1, 0.15) is 22.4 Å². The molecule has 2 aromatic carbocycles. The van der Waals surface area contributed by atoms with Gasteiger partial charge in [-0.15, -0.1) is 0 Å². The molecule has 0 aliphatic carbocycles. The van der Waals surface area contributed by atoms with Gasteiger partial charge in [0.2, 0.25) is 0 Å². The molecule has 4 rings (SSSR count). The summed E-state index contributed by atoms with van der Waals surface area (Å²) in [6.07, 6.45) is 1.18. The Morgan fingerprint density at radius 3 is 1.24 bits per heavy atom. The normalized spacial score (nSPS) is 18.6. The number of urea groups is 1. The molecule has 4 amide bonds. The first-order valence-electron chi connectivity index (χ1n) is 20.4. The molecule has 2 saturated heterocycles. The Hall–Kier alpha value is -4.81. The van der Waals surface area contributed by atoms with E-state index >= 15 is 0 Å². The largest absolute Gasteiger partial charge is 0.460 e. The topological polar surface area (TPSA) is 153 Å². The lowest BCUT2D eigenvalue weighted by molar-refractivity contribution is -0.163. The van der Waals surface area contributed by atoms with Crippen LogP contribution in [0.15, 0.2) is 48.5 Å². The first-order valence-corrected chi connectivity index (χ1v) is 20.4. The summed E-state index contributed by atoms with van der Waals surface area (Å²) in [5.74, 6) is -1.98. The monoisotopic (exact) mass is 806 g/mol. The van der Waals surface area contributed by atoms with Crippen molar-refractivity contribution in [1.29, 1.82) is 0 Å². The molecule has 0 unspecified atom stereocenters. The van der Waals surface area contributed by atoms with Crippen LogP contribution in [0, 0.1) is 23.7 Å². The zero-order valence-corrected chi connectivity index (χ0v) is 36.7. The van der Waals surface area contributed by atoms with Crippen LogP contribution in [0.5, 0.6) is 0 Å². The Bertz CT molecular complexity index is 1660. The maximum Gasteiger partial charge on any atom is 0.410 e. The Morgan fingerprint density at radius 2 is 0.914 bits per heavy atom. The molecule has 0 radical (unpaired) electrons. The van der Waals surface area contributed by atoms with Crippen molar-refractivity contribution in [3.63, 3.8) is 0 Å². The Kier molecular flexibility index (Phi) is 14.6. The van der Waals surface area contributed by atoms with Crippen LogP contribution >= 0.6 is 0 Å².